The Kier molecular flexibility index (Phi) is 5.03. The number of aryl methyl sites for hydroxylation is 2. The van der Waals surface area contributed by atoms with Gasteiger partial charge in [-0.05, 0) is 20.3 Å². The third-order valence-corrected chi connectivity index (χ3v) is 3.51. The maximum atomic E-state index is 12.6. The zero-order chi connectivity index (χ0) is 14.5. The lowest BCUT2D eigenvalue weighted by atomic mass is 10.1. The first-order chi connectivity index (χ1) is 9.63. The number of hydrogen-bond acceptors (Lipinski definition) is 5. The second-order valence-corrected chi connectivity index (χ2v) is 4.94. The van der Waals surface area contributed by atoms with E-state index in [-0.39, 0.29) is 12.0 Å². The summed E-state index contributed by atoms with van der Waals surface area (Å²) < 4.78 is 10.7. The average Bonchev–Trinajstić information content (AvgIpc) is 2.45. The second kappa shape index (κ2) is 6.76. The van der Waals surface area contributed by atoms with Gasteiger partial charge in [-0.25, -0.2) is 9.97 Å². The number of ether oxygens (including phenoxy) is 2. The molecule has 0 bridgehead atoms. The van der Waals surface area contributed by atoms with Crippen LogP contribution in [0.15, 0.2) is 6.33 Å². The highest BCUT2D eigenvalue weighted by Gasteiger charge is 2.27. The minimum Gasteiger partial charge on any atom is -0.385 e. The molecule has 0 saturated carbocycles. The van der Waals surface area contributed by atoms with Crippen LogP contribution in [0.1, 0.15) is 28.2 Å². The summed E-state index contributed by atoms with van der Waals surface area (Å²) in [5, 5.41) is 0. The zero-order valence-corrected chi connectivity index (χ0v) is 12.3. The Labute approximate surface area is 119 Å². The van der Waals surface area contributed by atoms with Crippen LogP contribution >= 0.6 is 0 Å². The van der Waals surface area contributed by atoms with E-state index in [0.29, 0.717) is 31.9 Å². The SMILES string of the molecule is COCC[C@@H]1CN(C(=O)c2c(C)ncnc2C)CCO1. The largest absolute Gasteiger partial charge is 0.385 e. The summed E-state index contributed by atoms with van der Waals surface area (Å²) >= 11 is 0. The predicted molar refractivity (Wildman–Crippen MR) is 73.6 cm³/mol. The molecule has 0 aliphatic carbocycles. The van der Waals surface area contributed by atoms with E-state index in [1.54, 1.807) is 7.11 Å². The van der Waals surface area contributed by atoms with Gasteiger partial charge in [0.05, 0.1) is 29.7 Å². The number of morpholine rings is 1. The number of rotatable bonds is 4. The molecule has 1 aromatic heterocycles. The van der Waals surface area contributed by atoms with Gasteiger partial charge in [0.1, 0.15) is 6.33 Å². The van der Waals surface area contributed by atoms with E-state index in [1.807, 2.05) is 18.7 Å². The molecule has 0 N–H and O–H groups in total. The molecule has 1 amide bonds. The molecule has 2 heterocycles. The van der Waals surface area contributed by atoms with Crippen molar-refractivity contribution in [2.75, 3.05) is 33.4 Å². The van der Waals surface area contributed by atoms with E-state index in [2.05, 4.69) is 9.97 Å². The number of nitrogens with zero attached hydrogens (tertiary/aromatic N) is 3. The summed E-state index contributed by atoms with van der Waals surface area (Å²) in [4.78, 5) is 22.7. The van der Waals surface area contributed by atoms with Gasteiger partial charge < -0.3 is 14.4 Å². The molecular formula is C14H21N3O3. The highest BCUT2D eigenvalue weighted by atomic mass is 16.5. The first-order valence-corrected chi connectivity index (χ1v) is 6.81. The van der Waals surface area contributed by atoms with Crippen LogP contribution in [0, 0.1) is 13.8 Å². The first kappa shape index (κ1) is 14.9. The number of methoxy groups -OCH3 is 1. The molecule has 1 aliphatic heterocycles. The minimum atomic E-state index is -0.00804. The van der Waals surface area contributed by atoms with E-state index in [9.17, 15) is 4.79 Å². The van der Waals surface area contributed by atoms with Crippen molar-refractivity contribution in [3.63, 3.8) is 0 Å². The summed E-state index contributed by atoms with van der Waals surface area (Å²) in [6, 6.07) is 0. The van der Waals surface area contributed by atoms with Crippen LogP contribution in [0.2, 0.25) is 0 Å². The molecule has 6 nitrogen and oxygen atoms in total. The topological polar surface area (TPSA) is 64.5 Å². The number of carbonyl (C=O) groups excluding carboxylic acids is 1. The fourth-order valence-corrected chi connectivity index (χ4v) is 2.39. The fourth-order valence-electron chi connectivity index (χ4n) is 2.39. The molecule has 1 saturated heterocycles. The van der Waals surface area contributed by atoms with Crippen LogP contribution in [0.3, 0.4) is 0 Å². The molecule has 0 unspecified atom stereocenters. The Bertz CT molecular complexity index is 458. The van der Waals surface area contributed by atoms with Crippen molar-refractivity contribution in [3.8, 4) is 0 Å². The van der Waals surface area contributed by atoms with Crippen molar-refractivity contribution < 1.29 is 14.3 Å². The Hall–Kier alpha value is -1.53. The van der Waals surface area contributed by atoms with Gasteiger partial charge in [-0.1, -0.05) is 0 Å². The Morgan fingerprint density at radius 1 is 1.45 bits per heavy atom. The Balaban J connectivity index is 2.08. The lowest BCUT2D eigenvalue weighted by molar-refractivity contribution is -0.0333. The van der Waals surface area contributed by atoms with E-state index in [0.717, 1.165) is 17.8 Å². The van der Waals surface area contributed by atoms with Gasteiger partial charge in [0.15, 0.2) is 0 Å². The van der Waals surface area contributed by atoms with Gasteiger partial charge in [0.2, 0.25) is 0 Å². The third-order valence-electron chi connectivity index (χ3n) is 3.51. The second-order valence-electron chi connectivity index (χ2n) is 4.94. The van der Waals surface area contributed by atoms with E-state index in [4.69, 9.17) is 9.47 Å². The molecule has 1 aromatic rings. The van der Waals surface area contributed by atoms with Crippen LogP contribution in [-0.4, -0.2) is 60.3 Å². The molecule has 0 spiro atoms. The van der Waals surface area contributed by atoms with Crippen LogP contribution in [0.4, 0.5) is 0 Å². The van der Waals surface area contributed by atoms with Crippen molar-refractivity contribution in [1.82, 2.24) is 14.9 Å². The smallest absolute Gasteiger partial charge is 0.257 e. The zero-order valence-electron chi connectivity index (χ0n) is 12.3. The fraction of sp³-hybridized carbons (Fsp3) is 0.643. The van der Waals surface area contributed by atoms with Crippen LogP contribution in [0.25, 0.3) is 0 Å². The molecule has 1 fully saturated rings. The lowest BCUT2D eigenvalue weighted by Crippen LogP contribution is -2.46. The summed E-state index contributed by atoms with van der Waals surface area (Å²) in [5.41, 5.74) is 2.06. The van der Waals surface area contributed by atoms with Crippen molar-refractivity contribution in [2.45, 2.75) is 26.4 Å². The molecule has 0 radical (unpaired) electrons. The molecule has 2 rings (SSSR count). The maximum absolute atomic E-state index is 12.6. The van der Waals surface area contributed by atoms with Gasteiger partial charge in [-0.2, -0.15) is 0 Å². The Morgan fingerprint density at radius 3 is 2.80 bits per heavy atom. The molecule has 1 atom stereocenters. The van der Waals surface area contributed by atoms with E-state index in [1.165, 1.54) is 6.33 Å². The molecule has 6 heteroatoms. The number of aromatic nitrogens is 2. The summed E-state index contributed by atoms with van der Waals surface area (Å²) in [5.74, 6) is -0.00804. The first-order valence-electron chi connectivity index (χ1n) is 6.81. The minimum absolute atomic E-state index is 0.00804. The summed E-state index contributed by atoms with van der Waals surface area (Å²) in [6.45, 7) is 6.08. The molecule has 20 heavy (non-hydrogen) atoms. The summed E-state index contributed by atoms with van der Waals surface area (Å²) in [6.07, 6.45) is 2.32. The maximum Gasteiger partial charge on any atom is 0.257 e. The normalized spacial score (nSPS) is 19.1. The van der Waals surface area contributed by atoms with Crippen LogP contribution in [0.5, 0.6) is 0 Å². The average molecular weight is 279 g/mol. The number of hydrogen-bond donors (Lipinski definition) is 0. The molecule has 1 aliphatic rings. The monoisotopic (exact) mass is 279 g/mol. The Morgan fingerprint density at radius 2 is 2.15 bits per heavy atom. The highest BCUT2D eigenvalue weighted by Crippen LogP contribution is 2.16. The van der Waals surface area contributed by atoms with Gasteiger partial charge >= 0.3 is 0 Å². The quantitative estimate of drug-likeness (QED) is 0.821. The van der Waals surface area contributed by atoms with Crippen molar-refractivity contribution in [2.24, 2.45) is 0 Å². The summed E-state index contributed by atoms with van der Waals surface area (Å²) in [7, 11) is 1.67. The standard InChI is InChI=1S/C14H21N3O3/c1-10-13(11(2)16-9-15-10)14(18)17-5-7-20-12(8-17)4-6-19-3/h9,12H,4-8H2,1-3H3/t12-/m1/s1. The molecule has 0 aromatic carbocycles. The van der Waals surface area contributed by atoms with Gasteiger partial charge in [-0.15, -0.1) is 0 Å². The van der Waals surface area contributed by atoms with Crippen molar-refractivity contribution >= 4 is 5.91 Å². The van der Waals surface area contributed by atoms with Gasteiger partial charge in [0, 0.05) is 26.8 Å². The predicted octanol–water partition coefficient (Wildman–Crippen LogP) is 0.971. The highest BCUT2D eigenvalue weighted by molar-refractivity contribution is 5.96. The molecule has 110 valence electrons. The van der Waals surface area contributed by atoms with Crippen LogP contribution in [-0.2, 0) is 9.47 Å². The van der Waals surface area contributed by atoms with Crippen LogP contribution < -0.4 is 0 Å². The van der Waals surface area contributed by atoms with E-state index < -0.39 is 0 Å². The van der Waals surface area contributed by atoms with Gasteiger partial charge in [-0.3, -0.25) is 4.79 Å². The molecular weight excluding hydrogens is 258 g/mol. The lowest BCUT2D eigenvalue weighted by Gasteiger charge is -2.33. The number of amides is 1. The third kappa shape index (κ3) is 3.32. The van der Waals surface area contributed by atoms with Crippen molar-refractivity contribution in [1.29, 1.82) is 0 Å². The van der Waals surface area contributed by atoms with E-state index >= 15 is 0 Å². The van der Waals surface area contributed by atoms with Gasteiger partial charge in [0.25, 0.3) is 5.91 Å². The van der Waals surface area contributed by atoms with Crippen molar-refractivity contribution in [3.05, 3.63) is 23.3 Å². The number of carbonyl (C=O) groups is 1.